The molecule has 0 atom stereocenters. The molecule has 0 unspecified atom stereocenters. The second kappa shape index (κ2) is 4.98. The van der Waals surface area contributed by atoms with Crippen molar-refractivity contribution in [1.29, 1.82) is 0 Å². The summed E-state index contributed by atoms with van der Waals surface area (Å²) in [7, 11) is 1.86. The molecule has 1 saturated heterocycles. The summed E-state index contributed by atoms with van der Waals surface area (Å²) < 4.78 is 0. The molecule has 1 aliphatic heterocycles. The van der Waals surface area contributed by atoms with Crippen LogP contribution in [-0.2, 0) is 24.2 Å². The Bertz CT molecular complexity index is 582. The Balaban J connectivity index is 2.05. The van der Waals surface area contributed by atoms with E-state index >= 15 is 0 Å². The molecule has 0 aromatic carbocycles. The lowest BCUT2D eigenvalue weighted by atomic mass is 9.96. The summed E-state index contributed by atoms with van der Waals surface area (Å²) in [6, 6.07) is 2.20. The number of carbonyl (C=O) groups is 1. The van der Waals surface area contributed by atoms with E-state index in [1.807, 2.05) is 20.9 Å². The number of amides is 1. The van der Waals surface area contributed by atoms with Crippen LogP contribution in [-0.4, -0.2) is 41.5 Å². The molecule has 114 valence electrons. The number of likely N-dealkylation sites (N-methyl/N-ethyl adjacent to an activating group) is 1. The van der Waals surface area contributed by atoms with Gasteiger partial charge in [-0.25, -0.2) is 4.98 Å². The minimum absolute atomic E-state index is 0.138. The van der Waals surface area contributed by atoms with E-state index in [1.165, 1.54) is 17.7 Å². The number of aryl methyl sites for hydroxylation is 2. The first-order chi connectivity index (χ1) is 9.95. The van der Waals surface area contributed by atoms with Crippen molar-refractivity contribution in [3.05, 3.63) is 22.9 Å². The number of pyridine rings is 1. The van der Waals surface area contributed by atoms with Gasteiger partial charge in [0, 0.05) is 37.9 Å². The van der Waals surface area contributed by atoms with Crippen LogP contribution in [0.3, 0.4) is 0 Å². The first kappa shape index (κ1) is 14.3. The van der Waals surface area contributed by atoms with Gasteiger partial charge in [0.25, 0.3) is 0 Å². The molecule has 5 nitrogen and oxygen atoms in total. The van der Waals surface area contributed by atoms with E-state index in [4.69, 9.17) is 10.7 Å². The summed E-state index contributed by atoms with van der Waals surface area (Å²) in [4.78, 5) is 21.3. The van der Waals surface area contributed by atoms with Gasteiger partial charge in [0.15, 0.2) is 0 Å². The first-order valence-electron chi connectivity index (χ1n) is 7.70. The van der Waals surface area contributed by atoms with Crippen molar-refractivity contribution in [1.82, 2.24) is 9.88 Å². The third kappa shape index (κ3) is 2.20. The smallest absolute Gasteiger partial charge is 0.247 e. The van der Waals surface area contributed by atoms with Crippen molar-refractivity contribution in [2.45, 2.75) is 45.2 Å². The van der Waals surface area contributed by atoms with Crippen LogP contribution in [0, 0.1) is 0 Å². The number of nitrogens with two attached hydrogens (primary N) is 1. The van der Waals surface area contributed by atoms with Gasteiger partial charge < -0.3 is 15.5 Å². The zero-order chi connectivity index (χ0) is 15.2. The van der Waals surface area contributed by atoms with E-state index in [2.05, 4.69) is 11.0 Å². The molecule has 1 amide bonds. The van der Waals surface area contributed by atoms with Crippen LogP contribution in [0.15, 0.2) is 6.07 Å². The van der Waals surface area contributed by atoms with Crippen molar-refractivity contribution in [3.63, 3.8) is 0 Å². The summed E-state index contributed by atoms with van der Waals surface area (Å²) in [5.74, 6) is 1.05. The summed E-state index contributed by atoms with van der Waals surface area (Å²) in [6.45, 7) is 5.94. The highest BCUT2D eigenvalue weighted by molar-refractivity contribution is 5.90. The Morgan fingerprint density at radius 1 is 1.33 bits per heavy atom. The van der Waals surface area contributed by atoms with Gasteiger partial charge >= 0.3 is 0 Å². The molecule has 0 spiro atoms. The Morgan fingerprint density at radius 3 is 2.81 bits per heavy atom. The topological polar surface area (TPSA) is 62.5 Å². The predicted molar refractivity (Wildman–Crippen MR) is 83.2 cm³/mol. The Morgan fingerprint density at radius 2 is 2.10 bits per heavy atom. The minimum atomic E-state index is -0.573. The van der Waals surface area contributed by atoms with Crippen molar-refractivity contribution in [2.24, 2.45) is 5.73 Å². The maximum atomic E-state index is 12.5. The molecule has 2 aliphatic rings. The number of carbonyl (C=O) groups excluding carboxylic acids is 1. The van der Waals surface area contributed by atoms with Crippen LogP contribution in [0.25, 0.3) is 0 Å². The zero-order valence-electron chi connectivity index (χ0n) is 13.1. The highest BCUT2D eigenvalue weighted by Crippen LogP contribution is 2.33. The Hall–Kier alpha value is -1.62. The number of aromatic nitrogens is 1. The highest BCUT2D eigenvalue weighted by atomic mass is 16.2. The SMILES string of the molecule is CN1CCN(c2nc3c(cc2CN)CCC3)C(C)(C)C1=O. The fourth-order valence-electron chi connectivity index (χ4n) is 3.48. The van der Waals surface area contributed by atoms with E-state index in [1.54, 1.807) is 4.90 Å². The van der Waals surface area contributed by atoms with E-state index in [0.29, 0.717) is 6.54 Å². The van der Waals surface area contributed by atoms with Crippen LogP contribution in [0.1, 0.15) is 37.1 Å². The van der Waals surface area contributed by atoms with Crippen molar-refractivity contribution in [2.75, 3.05) is 25.0 Å². The molecular weight excluding hydrogens is 264 g/mol. The number of rotatable bonds is 2. The Kier molecular flexibility index (Phi) is 3.40. The third-order valence-corrected chi connectivity index (χ3v) is 4.79. The van der Waals surface area contributed by atoms with E-state index < -0.39 is 5.54 Å². The fraction of sp³-hybridized carbons (Fsp3) is 0.625. The zero-order valence-corrected chi connectivity index (χ0v) is 13.1. The maximum Gasteiger partial charge on any atom is 0.247 e. The normalized spacial score (nSPS) is 20.9. The van der Waals surface area contributed by atoms with Crippen LogP contribution in [0.2, 0.25) is 0 Å². The fourth-order valence-corrected chi connectivity index (χ4v) is 3.48. The van der Waals surface area contributed by atoms with Gasteiger partial charge in [-0.1, -0.05) is 0 Å². The standard InChI is InChI=1S/C16H24N4O/c1-16(2)15(21)19(3)7-8-20(16)14-12(10-17)9-11-5-4-6-13(11)18-14/h9H,4-8,10,17H2,1-3H3. The molecule has 2 heterocycles. The molecule has 1 aromatic heterocycles. The molecule has 1 fully saturated rings. The van der Waals surface area contributed by atoms with Gasteiger partial charge in [-0.05, 0) is 44.7 Å². The van der Waals surface area contributed by atoms with Gasteiger partial charge in [-0.2, -0.15) is 0 Å². The van der Waals surface area contributed by atoms with Crippen LogP contribution in [0.4, 0.5) is 5.82 Å². The second-order valence-corrected chi connectivity index (χ2v) is 6.57. The molecule has 0 bridgehead atoms. The first-order valence-corrected chi connectivity index (χ1v) is 7.70. The van der Waals surface area contributed by atoms with Gasteiger partial charge in [-0.3, -0.25) is 4.79 Å². The number of piperazine rings is 1. The quantitative estimate of drug-likeness (QED) is 0.885. The number of nitrogens with zero attached hydrogens (tertiary/aromatic N) is 3. The van der Waals surface area contributed by atoms with E-state index in [9.17, 15) is 4.79 Å². The molecule has 5 heteroatoms. The van der Waals surface area contributed by atoms with Crippen molar-refractivity contribution in [3.8, 4) is 0 Å². The summed E-state index contributed by atoms with van der Waals surface area (Å²) in [5, 5.41) is 0. The largest absolute Gasteiger partial charge is 0.342 e. The molecule has 3 rings (SSSR count). The number of anilines is 1. The average Bonchev–Trinajstić information content (AvgIpc) is 2.91. The van der Waals surface area contributed by atoms with Gasteiger partial charge in [0.2, 0.25) is 5.91 Å². The summed E-state index contributed by atoms with van der Waals surface area (Å²) in [5.41, 5.74) is 8.94. The lowest BCUT2D eigenvalue weighted by Gasteiger charge is -2.46. The molecule has 0 radical (unpaired) electrons. The number of hydrogen-bond donors (Lipinski definition) is 1. The average molecular weight is 288 g/mol. The minimum Gasteiger partial charge on any atom is -0.342 e. The maximum absolute atomic E-state index is 12.5. The van der Waals surface area contributed by atoms with Crippen molar-refractivity contribution >= 4 is 11.7 Å². The van der Waals surface area contributed by atoms with Gasteiger partial charge in [0.05, 0.1) is 0 Å². The molecular formula is C16H24N4O. The van der Waals surface area contributed by atoms with Crippen LogP contribution in [0.5, 0.6) is 0 Å². The number of hydrogen-bond acceptors (Lipinski definition) is 4. The van der Waals surface area contributed by atoms with E-state index in [-0.39, 0.29) is 5.91 Å². The van der Waals surface area contributed by atoms with Crippen LogP contribution < -0.4 is 10.6 Å². The highest BCUT2D eigenvalue weighted by Gasteiger charge is 2.42. The van der Waals surface area contributed by atoms with Gasteiger partial charge in [-0.15, -0.1) is 0 Å². The number of fused-ring (bicyclic) bond motifs is 1. The second-order valence-electron chi connectivity index (χ2n) is 6.57. The molecule has 0 saturated carbocycles. The monoisotopic (exact) mass is 288 g/mol. The van der Waals surface area contributed by atoms with E-state index in [0.717, 1.165) is 37.3 Å². The lowest BCUT2D eigenvalue weighted by Crippen LogP contribution is -2.62. The lowest BCUT2D eigenvalue weighted by molar-refractivity contribution is -0.136. The summed E-state index contributed by atoms with van der Waals surface area (Å²) >= 11 is 0. The van der Waals surface area contributed by atoms with Crippen molar-refractivity contribution < 1.29 is 4.79 Å². The predicted octanol–water partition coefficient (Wildman–Crippen LogP) is 1.09. The third-order valence-electron chi connectivity index (χ3n) is 4.79. The Labute approximate surface area is 126 Å². The molecule has 1 aliphatic carbocycles. The molecule has 2 N–H and O–H groups in total. The molecule has 21 heavy (non-hydrogen) atoms. The molecule has 1 aromatic rings. The summed E-state index contributed by atoms with van der Waals surface area (Å²) in [6.07, 6.45) is 3.30. The van der Waals surface area contributed by atoms with Crippen LogP contribution >= 0.6 is 0 Å². The van der Waals surface area contributed by atoms with Gasteiger partial charge in [0.1, 0.15) is 11.4 Å².